The first-order valence-electron chi connectivity index (χ1n) is 9.00. The maximum absolute atomic E-state index is 13.0. The van der Waals surface area contributed by atoms with Crippen LogP contribution in [0.15, 0.2) is 18.3 Å². The Morgan fingerprint density at radius 2 is 2.12 bits per heavy atom. The largest absolute Gasteiger partial charge is 0.378 e. The Morgan fingerprint density at radius 1 is 1.35 bits per heavy atom. The fraction of sp³-hybridized carbons (Fsp3) is 0.526. The van der Waals surface area contributed by atoms with Crippen LogP contribution in [0.3, 0.4) is 0 Å². The van der Waals surface area contributed by atoms with Crippen molar-refractivity contribution < 1.29 is 9.53 Å². The minimum Gasteiger partial charge on any atom is -0.378 e. The molecule has 3 heterocycles. The van der Waals surface area contributed by atoms with E-state index in [9.17, 15) is 4.79 Å². The van der Waals surface area contributed by atoms with Crippen LogP contribution in [0.2, 0.25) is 0 Å². The van der Waals surface area contributed by atoms with Gasteiger partial charge in [-0.05, 0) is 32.9 Å². The molecule has 2 aromatic heterocycles. The SMILES string of the molecule is CCn1cc(C(=O)N2CCO[C@H](c3cc(N(C)C)cc(C)n3)C2)c(C)n1. The van der Waals surface area contributed by atoms with Crippen LogP contribution in [-0.4, -0.2) is 59.4 Å². The summed E-state index contributed by atoms with van der Waals surface area (Å²) in [5.41, 5.74) is 4.33. The van der Waals surface area contributed by atoms with Crippen molar-refractivity contribution in [1.82, 2.24) is 19.7 Å². The van der Waals surface area contributed by atoms with Crippen molar-refractivity contribution in [2.75, 3.05) is 38.7 Å². The number of rotatable bonds is 4. The Labute approximate surface area is 154 Å². The number of amides is 1. The molecule has 0 radical (unpaired) electrons. The van der Waals surface area contributed by atoms with Gasteiger partial charge in [0.05, 0.1) is 30.1 Å². The third-order valence-corrected chi connectivity index (χ3v) is 4.66. The molecule has 0 aliphatic carbocycles. The second kappa shape index (κ2) is 7.45. The summed E-state index contributed by atoms with van der Waals surface area (Å²) in [6.07, 6.45) is 1.62. The van der Waals surface area contributed by atoms with Gasteiger partial charge in [0.1, 0.15) is 6.10 Å². The van der Waals surface area contributed by atoms with Gasteiger partial charge in [0, 0.05) is 44.8 Å². The van der Waals surface area contributed by atoms with Crippen molar-refractivity contribution in [3.63, 3.8) is 0 Å². The van der Waals surface area contributed by atoms with Crippen LogP contribution in [0.25, 0.3) is 0 Å². The summed E-state index contributed by atoms with van der Waals surface area (Å²) >= 11 is 0. The predicted molar refractivity (Wildman–Crippen MR) is 101 cm³/mol. The molecule has 0 bridgehead atoms. The second-order valence-corrected chi connectivity index (χ2v) is 6.88. The average Bonchev–Trinajstić information content (AvgIpc) is 3.01. The number of hydrogen-bond acceptors (Lipinski definition) is 5. The summed E-state index contributed by atoms with van der Waals surface area (Å²) in [6, 6.07) is 4.07. The summed E-state index contributed by atoms with van der Waals surface area (Å²) in [5.74, 6) is 0.0102. The zero-order valence-electron chi connectivity index (χ0n) is 16.2. The number of nitrogens with zero attached hydrogens (tertiary/aromatic N) is 5. The minimum atomic E-state index is -0.215. The normalized spacial score (nSPS) is 17.4. The van der Waals surface area contributed by atoms with E-state index in [2.05, 4.69) is 10.1 Å². The first kappa shape index (κ1) is 18.4. The number of carbonyl (C=O) groups is 1. The lowest BCUT2D eigenvalue weighted by molar-refractivity contribution is -0.0247. The van der Waals surface area contributed by atoms with Gasteiger partial charge < -0.3 is 14.5 Å². The van der Waals surface area contributed by atoms with Crippen LogP contribution in [0.1, 0.15) is 40.5 Å². The molecule has 0 unspecified atom stereocenters. The Morgan fingerprint density at radius 3 is 2.77 bits per heavy atom. The van der Waals surface area contributed by atoms with Gasteiger partial charge >= 0.3 is 0 Å². The molecule has 1 fully saturated rings. The summed E-state index contributed by atoms with van der Waals surface area (Å²) in [5, 5.41) is 4.38. The predicted octanol–water partition coefficient (Wildman–Crippen LogP) is 2.19. The highest BCUT2D eigenvalue weighted by molar-refractivity contribution is 5.95. The molecule has 1 amide bonds. The zero-order chi connectivity index (χ0) is 18.8. The third kappa shape index (κ3) is 3.72. The molecular weight excluding hydrogens is 330 g/mol. The topological polar surface area (TPSA) is 63.5 Å². The molecule has 0 N–H and O–H groups in total. The number of aromatic nitrogens is 3. The first-order chi connectivity index (χ1) is 12.4. The lowest BCUT2D eigenvalue weighted by Gasteiger charge is -2.33. The van der Waals surface area contributed by atoms with Crippen LogP contribution in [-0.2, 0) is 11.3 Å². The smallest absolute Gasteiger partial charge is 0.257 e. The molecule has 26 heavy (non-hydrogen) atoms. The first-order valence-corrected chi connectivity index (χ1v) is 9.00. The highest BCUT2D eigenvalue weighted by Gasteiger charge is 2.29. The zero-order valence-corrected chi connectivity index (χ0v) is 16.2. The Balaban J connectivity index is 1.81. The molecule has 0 saturated carbocycles. The van der Waals surface area contributed by atoms with Crippen molar-refractivity contribution in [2.45, 2.75) is 33.4 Å². The molecule has 1 aliphatic heterocycles. The van der Waals surface area contributed by atoms with Crippen LogP contribution < -0.4 is 4.90 Å². The van der Waals surface area contributed by atoms with E-state index in [1.165, 1.54) is 0 Å². The quantitative estimate of drug-likeness (QED) is 0.839. The van der Waals surface area contributed by atoms with E-state index < -0.39 is 0 Å². The summed E-state index contributed by atoms with van der Waals surface area (Å²) < 4.78 is 7.73. The lowest BCUT2D eigenvalue weighted by atomic mass is 10.1. The number of anilines is 1. The van der Waals surface area contributed by atoms with Gasteiger partial charge in [0.25, 0.3) is 5.91 Å². The van der Waals surface area contributed by atoms with Crippen molar-refractivity contribution in [1.29, 1.82) is 0 Å². The molecular formula is C19H27N5O2. The van der Waals surface area contributed by atoms with E-state index in [1.807, 2.05) is 63.0 Å². The Hall–Kier alpha value is -2.41. The molecule has 7 nitrogen and oxygen atoms in total. The van der Waals surface area contributed by atoms with Gasteiger partial charge in [-0.25, -0.2) is 0 Å². The summed E-state index contributed by atoms with van der Waals surface area (Å²) in [7, 11) is 4.01. The van der Waals surface area contributed by atoms with E-state index in [0.29, 0.717) is 25.3 Å². The van der Waals surface area contributed by atoms with Crippen LogP contribution >= 0.6 is 0 Å². The maximum atomic E-state index is 13.0. The number of morpholine rings is 1. The van der Waals surface area contributed by atoms with E-state index in [1.54, 1.807) is 4.68 Å². The van der Waals surface area contributed by atoms with E-state index in [4.69, 9.17) is 4.74 Å². The van der Waals surface area contributed by atoms with Gasteiger partial charge in [-0.1, -0.05) is 0 Å². The minimum absolute atomic E-state index is 0.0102. The Kier molecular flexibility index (Phi) is 5.27. The standard InChI is InChI=1S/C19H27N5O2/c1-6-24-11-16(14(3)21-24)19(25)23-7-8-26-18(12-23)17-10-15(22(4)5)9-13(2)20-17/h9-11,18H,6-8,12H2,1-5H3/t18-/m0/s1. The number of hydrogen-bond donors (Lipinski definition) is 0. The highest BCUT2D eigenvalue weighted by Crippen LogP contribution is 2.26. The third-order valence-electron chi connectivity index (χ3n) is 4.66. The summed E-state index contributed by atoms with van der Waals surface area (Å²) in [4.78, 5) is 21.5. The fourth-order valence-electron chi connectivity index (χ4n) is 3.17. The number of ether oxygens (including phenoxy) is 1. The Bertz CT molecular complexity index is 799. The average molecular weight is 357 g/mol. The molecule has 7 heteroatoms. The van der Waals surface area contributed by atoms with E-state index >= 15 is 0 Å². The van der Waals surface area contributed by atoms with Gasteiger partial charge in [0.2, 0.25) is 0 Å². The molecule has 140 valence electrons. The van der Waals surface area contributed by atoms with Crippen LogP contribution in [0.4, 0.5) is 5.69 Å². The van der Waals surface area contributed by atoms with E-state index in [-0.39, 0.29) is 12.0 Å². The van der Waals surface area contributed by atoms with Gasteiger partial charge in [-0.3, -0.25) is 14.5 Å². The van der Waals surface area contributed by atoms with E-state index in [0.717, 1.165) is 29.3 Å². The summed E-state index contributed by atoms with van der Waals surface area (Å²) in [6.45, 7) is 8.20. The fourth-order valence-corrected chi connectivity index (χ4v) is 3.17. The second-order valence-electron chi connectivity index (χ2n) is 6.88. The van der Waals surface area contributed by atoms with Crippen molar-refractivity contribution >= 4 is 11.6 Å². The molecule has 0 spiro atoms. The van der Waals surface area contributed by atoms with Gasteiger partial charge in [-0.2, -0.15) is 5.10 Å². The molecule has 1 atom stereocenters. The van der Waals surface area contributed by atoms with Crippen molar-refractivity contribution in [3.8, 4) is 0 Å². The molecule has 1 aliphatic rings. The molecule has 1 saturated heterocycles. The van der Waals surface area contributed by atoms with Crippen molar-refractivity contribution in [2.24, 2.45) is 0 Å². The van der Waals surface area contributed by atoms with Crippen LogP contribution in [0.5, 0.6) is 0 Å². The molecule has 2 aromatic rings. The van der Waals surface area contributed by atoms with Crippen molar-refractivity contribution in [3.05, 3.63) is 41.0 Å². The number of pyridine rings is 1. The van der Waals surface area contributed by atoms with Gasteiger partial charge in [0.15, 0.2) is 0 Å². The molecule has 3 rings (SSSR count). The van der Waals surface area contributed by atoms with Gasteiger partial charge in [-0.15, -0.1) is 0 Å². The van der Waals surface area contributed by atoms with Crippen LogP contribution in [0, 0.1) is 13.8 Å². The monoisotopic (exact) mass is 357 g/mol. The molecule has 0 aromatic carbocycles. The highest BCUT2D eigenvalue weighted by atomic mass is 16.5. The lowest BCUT2D eigenvalue weighted by Crippen LogP contribution is -2.42. The number of carbonyl (C=O) groups excluding carboxylic acids is 1. The maximum Gasteiger partial charge on any atom is 0.257 e. The number of aryl methyl sites for hydroxylation is 3.